The quantitative estimate of drug-likeness (QED) is 0.0525. The normalized spacial score (nSPS) is 12.4. The summed E-state index contributed by atoms with van der Waals surface area (Å²) in [6.07, 6.45) is 22.8. The smallest absolute Gasteiger partial charge is 0.339 e. The second kappa shape index (κ2) is 23.1. The molecule has 1 heterocycles. The Morgan fingerprint density at radius 2 is 1.44 bits per heavy atom. The van der Waals surface area contributed by atoms with Gasteiger partial charge in [0.2, 0.25) is 0 Å². The molecule has 3 aromatic rings. The Morgan fingerprint density at radius 1 is 0.788 bits per heavy atom. The summed E-state index contributed by atoms with van der Waals surface area (Å²) in [6, 6.07) is 16.0. The van der Waals surface area contributed by atoms with Gasteiger partial charge in [-0.25, -0.2) is 9.78 Å². The first-order valence-electron chi connectivity index (χ1n) is 20.4. The molecular formula is C46H68N2O4. The van der Waals surface area contributed by atoms with Crippen molar-refractivity contribution in [1.82, 2.24) is 9.55 Å². The predicted molar refractivity (Wildman–Crippen MR) is 216 cm³/mol. The number of carbonyl (C=O) groups excluding carboxylic acids is 2. The molecule has 0 aliphatic carbocycles. The van der Waals surface area contributed by atoms with Crippen molar-refractivity contribution in [3.8, 4) is 11.1 Å². The number of imidazole rings is 1. The van der Waals surface area contributed by atoms with E-state index in [2.05, 4.69) is 68.7 Å². The standard InChI is InChI=1S/C46H68N2O4/c1-8-11-13-14-15-16-17-18-19-20-21-22-26-39(25-10-3)44(49)51-35-42-36(4)48(43(47-42)29-12-9-2)34-37-30-32-38(33-31-37)40-27-23-24-28-41(40)45(50)52-46(5,6)7/h18-19,23-24,27-28,30-33,39H,8-17,20-22,25-26,29,34-35H2,1-7H3. The Kier molecular flexibility index (Phi) is 19.0. The van der Waals surface area contributed by atoms with Gasteiger partial charge >= 0.3 is 11.9 Å². The fourth-order valence-corrected chi connectivity index (χ4v) is 6.65. The highest BCUT2D eigenvalue weighted by molar-refractivity contribution is 5.97. The summed E-state index contributed by atoms with van der Waals surface area (Å²) in [7, 11) is 0. The maximum absolute atomic E-state index is 13.3. The molecule has 52 heavy (non-hydrogen) atoms. The Hall–Kier alpha value is -3.67. The number of ether oxygens (including phenoxy) is 2. The first-order valence-corrected chi connectivity index (χ1v) is 20.4. The van der Waals surface area contributed by atoms with E-state index in [1.54, 1.807) is 0 Å². The molecular weight excluding hydrogens is 645 g/mol. The number of aryl methyl sites for hydroxylation is 1. The van der Waals surface area contributed by atoms with E-state index in [1.165, 1.54) is 44.9 Å². The lowest BCUT2D eigenvalue weighted by Gasteiger charge is -2.20. The van der Waals surface area contributed by atoms with Crippen molar-refractivity contribution in [2.45, 2.75) is 170 Å². The molecule has 2 aromatic carbocycles. The lowest BCUT2D eigenvalue weighted by Crippen LogP contribution is -2.24. The molecule has 0 bridgehead atoms. The van der Waals surface area contributed by atoms with Crippen LogP contribution in [0.1, 0.15) is 171 Å². The highest BCUT2D eigenvalue weighted by atomic mass is 16.6. The molecule has 0 radical (unpaired) electrons. The second-order valence-electron chi connectivity index (χ2n) is 15.4. The van der Waals surface area contributed by atoms with Crippen LogP contribution in [0.2, 0.25) is 0 Å². The van der Waals surface area contributed by atoms with Gasteiger partial charge in [-0.2, -0.15) is 0 Å². The minimum absolute atomic E-state index is 0.0574. The number of esters is 2. The zero-order valence-corrected chi connectivity index (χ0v) is 33.6. The summed E-state index contributed by atoms with van der Waals surface area (Å²) in [5, 5.41) is 0. The molecule has 3 rings (SSSR count). The summed E-state index contributed by atoms with van der Waals surface area (Å²) in [6.45, 7) is 15.2. The van der Waals surface area contributed by atoms with Crippen LogP contribution < -0.4 is 0 Å². The minimum atomic E-state index is -0.565. The molecule has 0 aliphatic heterocycles. The topological polar surface area (TPSA) is 70.4 Å². The van der Waals surface area contributed by atoms with Crippen molar-refractivity contribution < 1.29 is 19.1 Å². The Balaban J connectivity index is 1.59. The van der Waals surface area contributed by atoms with Crippen molar-refractivity contribution >= 4 is 11.9 Å². The average Bonchev–Trinajstić information content (AvgIpc) is 3.42. The molecule has 0 saturated heterocycles. The van der Waals surface area contributed by atoms with Gasteiger partial charge in [0.25, 0.3) is 0 Å². The van der Waals surface area contributed by atoms with Crippen molar-refractivity contribution in [3.63, 3.8) is 0 Å². The monoisotopic (exact) mass is 713 g/mol. The maximum atomic E-state index is 13.3. The van der Waals surface area contributed by atoms with Crippen LogP contribution in [0.15, 0.2) is 60.7 Å². The SMILES string of the molecule is CCCCCCCCC=CCCCCC(CCC)C(=O)OCc1nc(CCCC)n(Cc2ccc(-c3ccccc3C(=O)OC(C)(C)C)cc2)c1C. The van der Waals surface area contributed by atoms with Crippen LogP contribution in [0.3, 0.4) is 0 Å². The molecule has 0 spiro atoms. The van der Waals surface area contributed by atoms with Gasteiger partial charge in [0.05, 0.1) is 17.2 Å². The summed E-state index contributed by atoms with van der Waals surface area (Å²) >= 11 is 0. The highest BCUT2D eigenvalue weighted by Gasteiger charge is 2.22. The third-order valence-electron chi connectivity index (χ3n) is 9.69. The number of allylic oxidation sites excluding steroid dienone is 2. The summed E-state index contributed by atoms with van der Waals surface area (Å²) in [4.78, 5) is 31.3. The highest BCUT2D eigenvalue weighted by Crippen LogP contribution is 2.27. The molecule has 1 aromatic heterocycles. The van der Waals surface area contributed by atoms with Crippen LogP contribution in [-0.2, 0) is 33.8 Å². The van der Waals surface area contributed by atoms with Gasteiger partial charge in [-0.15, -0.1) is 0 Å². The molecule has 1 unspecified atom stereocenters. The molecule has 0 saturated carbocycles. The van der Waals surface area contributed by atoms with Gasteiger partial charge in [-0.3, -0.25) is 4.79 Å². The van der Waals surface area contributed by atoms with Crippen LogP contribution in [0, 0.1) is 12.8 Å². The molecule has 0 aliphatic rings. The van der Waals surface area contributed by atoms with E-state index < -0.39 is 5.60 Å². The van der Waals surface area contributed by atoms with E-state index in [0.717, 1.165) is 91.7 Å². The lowest BCUT2D eigenvalue weighted by molar-refractivity contribution is -0.150. The van der Waals surface area contributed by atoms with Gasteiger partial charge in [0.1, 0.15) is 18.0 Å². The van der Waals surface area contributed by atoms with E-state index >= 15 is 0 Å². The van der Waals surface area contributed by atoms with E-state index in [4.69, 9.17) is 14.5 Å². The van der Waals surface area contributed by atoms with E-state index in [-0.39, 0.29) is 24.5 Å². The summed E-state index contributed by atoms with van der Waals surface area (Å²) in [5.74, 6) is 0.557. The number of rotatable bonds is 24. The van der Waals surface area contributed by atoms with Crippen molar-refractivity contribution in [2.24, 2.45) is 5.92 Å². The number of unbranched alkanes of at least 4 members (excludes halogenated alkanes) is 9. The summed E-state index contributed by atoms with van der Waals surface area (Å²) < 4.78 is 13.9. The van der Waals surface area contributed by atoms with E-state index in [0.29, 0.717) is 12.1 Å². The molecule has 0 fully saturated rings. The van der Waals surface area contributed by atoms with Gasteiger partial charge in [0.15, 0.2) is 0 Å². The van der Waals surface area contributed by atoms with Gasteiger partial charge < -0.3 is 14.0 Å². The number of benzene rings is 2. The van der Waals surface area contributed by atoms with Crippen molar-refractivity contribution in [1.29, 1.82) is 0 Å². The molecule has 1 atom stereocenters. The van der Waals surface area contributed by atoms with Crippen molar-refractivity contribution in [3.05, 3.63) is 89.0 Å². The van der Waals surface area contributed by atoms with E-state index in [1.807, 2.05) is 45.0 Å². The molecule has 0 N–H and O–H groups in total. The Morgan fingerprint density at radius 3 is 2.12 bits per heavy atom. The molecule has 6 nitrogen and oxygen atoms in total. The van der Waals surface area contributed by atoms with Gasteiger partial charge in [0, 0.05) is 18.7 Å². The second-order valence-corrected chi connectivity index (χ2v) is 15.4. The Labute approximate surface area is 315 Å². The predicted octanol–water partition coefficient (Wildman–Crippen LogP) is 12.5. The van der Waals surface area contributed by atoms with Crippen molar-refractivity contribution in [2.75, 3.05) is 0 Å². The first-order chi connectivity index (χ1) is 25.1. The number of hydrogen-bond acceptors (Lipinski definition) is 5. The van der Waals surface area contributed by atoms with E-state index in [9.17, 15) is 9.59 Å². The molecule has 0 amide bonds. The zero-order chi connectivity index (χ0) is 37.8. The van der Waals surface area contributed by atoms with Crippen LogP contribution in [0.4, 0.5) is 0 Å². The average molecular weight is 713 g/mol. The van der Waals surface area contributed by atoms with Crippen LogP contribution >= 0.6 is 0 Å². The fraction of sp³-hybridized carbons (Fsp3) is 0.587. The lowest BCUT2D eigenvalue weighted by atomic mass is 9.96. The first kappa shape index (κ1) is 42.7. The number of nitrogens with zero attached hydrogens (tertiary/aromatic N) is 2. The minimum Gasteiger partial charge on any atom is -0.459 e. The third kappa shape index (κ3) is 14.8. The molecule has 286 valence electrons. The van der Waals surface area contributed by atoms with Crippen LogP contribution in [0.5, 0.6) is 0 Å². The maximum Gasteiger partial charge on any atom is 0.339 e. The number of hydrogen-bond donors (Lipinski definition) is 0. The van der Waals surface area contributed by atoms with Gasteiger partial charge in [-0.1, -0.05) is 127 Å². The zero-order valence-electron chi connectivity index (χ0n) is 33.6. The Bertz CT molecular complexity index is 1510. The third-order valence-corrected chi connectivity index (χ3v) is 9.69. The largest absolute Gasteiger partial charge is 0.459 e. The van der Waals surface area contributed by atoms with Gasteiger partial charge in [-0.05, 0) is 95.4 Å². The van der Waals surface area contributed by atoms with Crippen LogP contribution in [-0.4, -0.2) is 27.1 Å². The number of carbonyl (C=O) groups is 2. The van der Waals surface area contributed by atoms with Crippen LogP contribution in [0.25, 0.3) is 11.1 Å². The molecule has 6 heteroatoms. The number of aromatic nitrogens is 2. The summed E-state index contributed by atoms with van der Waals surface area (Å²) in [5.41, 5.74) is 4.83. The fourth-order valence-electron chi connectivity index (χ4n) is 6.65.